The van der Waals surface area contributed by atoms with E-state index in [0.29, 0.717) is 18.0 Å². The fourth-order valence-corrected chi connectivity index (χ4v) is 3.47. The molecule has 0 bridgehead atoms. The Morgan fingerprint density at radius 3 is 2.80 bits per heavy atom. The molecule has 2 fully saturated rings. The highest BCUT2D eigenvalue weighted by atomic mass is 16.5. The summed E-state index contributed by atoms with van der Waals surface area (Å²) in [4.78, 5) is 2.65. The van der Waals surface area contributed by atoms with Crippen molar-refractivity contribution in [3.05, 3.63) is 0 Å². The van der Waals surface area contributed by atoms with Gasteiger partial charge in [0.2, 0.25) is 0 Å². The fraction of sp³-hybridized carbons (Fsp3) is 0.938. The van der Waals surface area contributed by atoms with Gasteiger partial charge in [0, 0.05) is 18.0 Å². The fourth-order valence-electron chi connectivity index (χ4n) is 3.47. The molecule has 1 aliphatic carbocycles. The lowest BCUT2D eigenvalue weighted by Gasteiger charge is -2.44. The van der Waals surface area contributed by atoms with Gasteiger partial charge in [0.25, 0.3) is 0 Å². The number of nitrogens with two attached hydrogens (primary N) is 1. The predicted molar refractivity (Wildman–Crippen MR) is 83.1 cm³/mol. The van der Waals surface area contributed by atoms with E-state index in [1.54, 1.807) is 0 Å². The zero-order valence-corrected chi connectivity index (χ0v) is 13.2. The van der Waals surface area contributed by atoms with E-state index in [0.717, 1.165) is 26.0 Å². The van der Waals surface area contributed by atoms with Gasteiger partial charge in [-0.2, -0.15) is 0 Å². The smallest absolute Gasteiger partial charge is 0.0963 e. The summed E-state index contributed by atoms with van der Waals surface area (Å²) < 4.78 is 5.92. The first kappa shape index (κ1) is 15.8. The Labute approximate surface area is 123 Å². The van der Waals surface area contributed by atoms with Gasteiger partial charge in [0.1, 0.15) is 0 Å². The molecule has 4 heteroatoms. The van der Waals surface area contributed by atoms with E-state index in [2.05, 4.69) is 18.7 Å². The molecule has 116 valence electrons. The largest absolute Gasteiger partial charge is 0.387 e. The van der Waals surface area contributed by atoms with Crippen LogP contribution in [-0.4, -0.2) is 42.6 Å². The van der Waals surface area contributed by atoms with Crippen LogP contribution in [0.4, 0.5) is 0 Å². The highest BCUT2D eigenvalue weighted by Crippen LogP contribution is 2.29. The first-order valence-corrected chi connectivity index (χ1v) is 8.21. The Hall–Kier alpha value is -0.610. The topological polar surface area (TPSA) is 62.3 Å². The van der Waals surface area contributed by atoms with E-state index in [1.165, 1.54) is 38.6 Å². The van der Waals surface area contributed by atoms with Crippen molar-refractivity contribution in [3.63, 3.8) is 0 Å². The molecule has 1 saturated carbocycles. The van der Waals surface area contributed by atoms with E-state index in [4.69, 9.17) is 15.9 Å². The minimum atomic E-state index is -0.140. The molecule has 1 aliphatic heterocycles. The molecule has 2 unspecified atom stereocenters. The highest BCUT2D eigenvalue weighted by molar-refractivity contribution is 5.82. The zero-order valence-electron chi connectivity index (χ0n) is 13.2. The summed E-state index contributed by atoms with van der Waals surface area (Å²) in [6.07, 6.45) is 9.12. The van der Waals surface area contributed by atoms with Gasteiger partial charge in [0.15, 0.2) is 0 Å². The maximum absolute atomic E-state index is 7.60. The zero-order chi connectivity index (χ0) is 14.6. The minimum absolute atomic E-state index is 0.140. The SMILES string of the molecule is CC(C)(CCCCN1CCOC2CCCCC21)C(=N)N. The summed E-state index contributed by atoms with van der Waals surface area (Å²) in [5.74, 6) is 0.316. The van der Waals surface area contributed by atoms with Crippen molar-refractivity contribution in [2.24, 2.45) is 11.1 Å². The van der Waals surface area contributed by atoms with Crippen LogP contribution in [-0.2, 0) is 4.74 Å². The summed E-state index contributed by atoms with van der Waals surface area (Å²) in [6.45, 7) is 7.32. The van der Waals surface area contributed by atoms with Gasteiger partial charge in [-0.25, -0.2) is 0 Å². The van der Waals surface area contributed by atoms with Gasteiger partial charge in [-0.15, -0.1) is 0 Å². The number of rotatable bonds is 6. The van der Waals surface area contributed by atoms with Gasteiger partial charge in [-0.1, -0.05) is 33.1 Å². The Bertz CT molecular complexity index is 328. The molecule has 3 N–H and O–H groups in total. The average molecular weight is 281 g/mol. The number of morpholine rings is 1. The number of nitrogens with zero attached hydrogens (tertiary/aromatic N) is 1. The Morgan fingerprint density at radius 2 is 2.05 bits per heavy atom. The van der Waals surface area contributed by atoms with Crippen LogP contribution < -0.4 is 5.73 Å². The third kappa shape index (κ3) is 3.95. The number of ether oxygens (including phenoxy) is 1. The highest BCUT2D eigenvalue weighted by Gasteiger charge is 2.33. The molecule has 0 aromatic rings. The van der Waals surface area contributed by atoms with Crippen molar-refractivity contribution in [1.82, 2.24) is 4.90 Å². The van der Waals surface area contributed by atoms with Crippen molar-refractivity contribution in [3.8, 4) is 0 Å². The van der Waals surface area contributed by atoms with Crippen molar-refractivity contribution in [2.75, 3.05) is 19.7 Å². The van der Waals surface area contributed by atoms with Crippen LogP contribution >= 0.6 is 0 Å². The van der Waals surface area contributed by atoms with Crippen LogP contribution in [0.3, 0.4) is 0 Å². The van der Waals surface area contributed by atoms with Gasteiger partial charge >= 0.3 is 0 Å². The summed E-state index contributed by atoms with van der Waals surface area (Å²) in [7, 11) is 0. The summed E-state index contributed by atoms with van der Waals surface area (Å²) >= 11 is 0. The van der Waals surface area contributed by atoms with Crippen LogP contribution in [0.2, 0.25) is 0 Å². The number of amidine groups is 1. The van der Waals surface area contributed by atoms with Crippen molar-refractivity contribution < 1.29 is 4.74 Å². The van der Waals surface area contributed by atoms with Crippen LogP contribution in [0.5, 0.6) is 0 Å². The average Bonchev–Trinajstić information content (AvgIpc) is 2.43. The predicted octanol–water partition coefficient (Wildman–Crippen LogP) is 2.76. The number of nitrogens with one attached hydrogen (secondary N) is 1. The van der Waals surface area contributed by atoms with Gasteiger partial charge < -0.3 is 10.5 Å². The summed E-state index contributed by atoms with van der Waals surface area (Å²) in [5, 5.41) is 7.60. The molecule has 2 aliphatic rings. The summed E-state index contributed by atoms with van der Waals surface area (Å²) in [5.41, 5.74) is 5.50. The van der Waals surface area contributed by atoms with Crippen molar-refractivity contribution >= 4 is 5.84 Å². The molecule has 0 radical (unpaired) electrons. The Morgan fingerprint density at radius 1 is 1.30 bits per heavy atom. The summed E-state index contributed by atoms with van der Waals surface area (Å²) in [6, 6.07) is 0.665. The monoisotopic (exact) mass is 281 g/mol. The third-order valence-corrected chi connectivity index (χ3v) is 5.07. The van der Waals surface area contributed by atoms with Gasteiger partial charge in [-0.3, -0.25) is 10.3 Å². The maximum atomic E-state index is 7.60. The van der Waals surface area contributed by atoms with E-state index < -0.39 is 0 Å². The number of hydrogen-bond donors (Lipinski definition) is 2. The third-order valence-electron chi connectivity index (χ3n) is 5.07. The van der Waals surface area contributed by atoms with Crippen LogP contribution in [0.25, 0.3) is 0 Å². The molecule has 0 amide bonds. The number of fused-ring (bicyclic) bond motifs is 1. The second-order valence-corrected chi connectivity index (χ2v) is 7.05. The van der Waals surface area contributed by atoms with E-state index in [-0.39, 0.29) is 5.41 Å². The first-order valence-electron chi connectivity index (χ1n) is 8.21. The van der Waals surface area contributed by atoms with Gasteiger partial charge in [-0.05, 0) is 32.2 Å². The molecule has 1 saturated heterocycles. The van der Waals surface area contributed by atoms with Crippen LogP contribution in [0.15, 0.2) is 0 Å². The number of unbranched alkanes of at least 4 members (excludes halogenated alkanes) is 1. The molecule has 1 heterocycles. The van der Waals surface area contributed by atoms with Crippen molar-refractivity contribution in [2.45, 2.75) is 70.9 Å². The number of hydrogen-bond acceptors (Lipinski definition) is 3. The molecule has 2 atom stereocenters. The normalized spacial score (nSPS) is 28.1. The lowest BCUT2D eigenvalue weighted by atomic mass is 9.86. The molecule has 0 aromatic heterocycles. The lowest BCUT2D eigenvalue weighted by Crippen LogP contribution is -2.52. The molecular formula is C16H31N3O. The molecule has 4 nitrogen and oxygen atoms in total. The Kier molecular flexibility index (Phi) is 5.44. The second kappa shape index (κ2) is 6.90. The molecular weight excluding hydrogens is 250 g/mol. The van der Waals surface area contributed by atoms with Crippen molar-refractivity contribution in [1.29, 1.82) is 5.41 Å². The Balaban J connectivity index is 1.72. The molecule has 0 aromatic carbocycles. The van der Waals surface area contributed by atoms with E-state index in [1.807, 2.05) is 0 Å². The quantitative estimate of drug-likeness (QED) is 0.447. The molecule has 0 spiro atoms. The first-order chi connectivity index (χ1) is 9.50. The van der Waals surface area contributed by atoms with Crippen LogP contribution in [0.1, 0.15) is 58.8 Å². The molecule has 2 rings (SSSR count). The lowest BCUT2D eigenvalue weighted by molar-refractivity contribution is -0.0883. The van der Waals surface area contributed by atoms with E-state index in [9.17, 15) is 0 Å². The maximum Gasteiger partial charge on any atom is 0.0963 e. The molecule has 20 heavy (non-hydrogen) atoms. The van der Waals surface area contributed by atoms with Gasteiger partial charge in [0.05, 0.1) is 18.5 Å². The second-order valence-electron chi connectivity index (χ2n) is 7.05. The van der Waals surface area contributed by atoms with E-state index >= 15 is 0 Å². The van der Waals surface area contributed by atoms with Crippen LogP contribution in [0, 0.1) is 10.8 Å². The standard InChI is InChI=1S/C16H31N3O/c1-16(2,15(17)18)9-5-6-10-19-11-12-20-14-8-4-3-7-13(14)19/h13-14H,3-12H2,1-2H3,(H3,17,18). The minimum Gasteiger partial charge on any atom is -0.387 e.